The molecule has 0 aliphatic heterocycles. The summed E-state index contributed by atoms with van der Waals surface area (Å²) in [5.41, 5.74) is 1.64. The number of hydrogen-bond donors (Lipinski definition) is 2. The summed E-state index contributed by atoms with van der Waals surface area (Å²) in [5, 5.41) is 11.6. The van der Waals surface area contributed by atoms with Crippen LogP contribution in [0.2, 0.25) is 0 Å². The number of H-pyrrole nitrogens is 1. The predicted molar refractivity (Wildman–Crippen MR) is 68.4 cm³/mol. The number of benzene rings is 1. The highest BCUT2D eigenvalue weighted by atomic mass is 16.1. The second-order valence-electron chi connectivity index (χ2n) is 3.95. The number of hydrogen-bond acceptors (Lipinski definition) is 3. The molecule has 3 aromatic rings. The average Bonchev–Trinajstić information content (AvgIpc) is 2.80. The molecule has 2 N–H and O–H groups in total. The quantitative estimate of drug-likeness (QED) is 0.662. The Hall–Kier alpha value is -2.30. The number of aryl methyl sites for hydroxylation is 1. The molecule has 0 aliphatic carbocycles. The van der Waals surface area contributed by atoms with Crippen molar-refractivity contribution in [3.8, 4) is 0 Å². The van der Waals surface area contributed by atoms with Crippen molar-refractivity contribution in [1.82, 2.24) is 14.8 Å². The van der Waals surface area contributed by atoms with Crippen molar-refractivity contribution in [1.29, 1.82) is 0 Å². The van der Waals surface area contributed by atoms with E-state index >= 15 is 0 Å². The molecule has 3 rings (SSSR count). The highest BCUT2D eigenvalue weighted by Gasteiger charge is 2.13. The Morgan fingerprint density at radius 3 is 2.88 bits per heavy atom. The lowest BCUT2D eigenvalue weighted by molar-refractivity contribution is 0.918. The van der Waals surface area contributed by atoms with Crippen LogP contribution in [0.1, 0.15) is 0 Å². The number of pyridine rings is 1. The summed E-state index contributed by atoms with van der Waals surface area (Å²) in [6.45, 7) is 0. The molecule has 86 valence electrons. The van der Waals surface area contributed by atoms with Gasteiger partial charge in [-0.3, -0.25) is 9.89 Å². The van der Waals surface area contributed by atoms with Crippen molar-refractivity contribution >= 4 is 27.6 Å². The lowest BCUT2D eigenvalue weighted by Crippen LogP contribution is -2.17. The van der Waals surface area contributed by atoms with Gasteiger partial charge in [-0.25, -0.2) is 0 Å². The Labute approximate surface area is 97.1 Å². The zero-order valence-electron chi connectivity index (χ0n) is 9.61. The minimum Gasteiger partial charge on any atom is -0.371 e. The molecule has 0 bridgehead atoms. The van der Waals surface area contributed by atoms with E-state index in [1.807, 2.05) is 24.3 Å². The highest BCUT2D eigenvalue weighted by Crippen LogP contribution is 2.24. The number of nitrogens with one attached hydrogen (secondary N) is 2. The number of rotatable bonds is 1. The van der Waals surface area contributed by atoms with Crippen molar-refractivity contribution in [2.75, 3.05) is 12.4 Å². The van der Waals surface area contributed by atoms with Crippen LogP contribution in [0.4, 0.5) is 5.82 Å². The van der Waals surface area contributed by atoms with E-state index in [4.69, 9.17) is 0 Å². The van der Waals surface area contributed by atoms with E-state index in [-0.39, 0.29) is 5.56 Å². The summed E-state index contributed by atoms with van der Waals surface area (Å²) < 4.78 is 1.65. The van der Waals surface area contributed by atoms with Gasteiger partial charge < -0.3 is 9.88 Å². The zero-order valence-corrected chi connectivity index (χ0v) is 9.61. The van der Waals surface area contributed by atoms with E-state index < -0.39 is 0 Å². The van der Waals surface area contributed by atoms with Gasteiger partial charge in [0, 0.05) is 19.5 Å². The lowest BCUT2D eigenvalue weighted by atomic mass is 10.1. The highest BCUT2D eigenvalue weighted by molar-refractivity contribution is 6.06. The monoisotopic (exact) mass is 228 g/mol. The maximum atomic E-state index is 12.2. The largest absolute Gasteiger partial charge is 0.371 e. The fourth-order valence-corrected chi connectivity index (χ4v) is 2.18. The SMILES string of the molecule is CNc1n[nH]c2c1c(=O)n(C)c1ccccc21. The first-order valence-corrected chi connectivity index (χ1v) is 5.37. The fourth-order valence-electron chi connectivity index (χ4n) is 2.18. The number of anilines is 1. The van der Waals surface area contributed by atoms with Gasteiger partial charge in [-0.1, -0.05) is 18.2 Å². The van der Waals surface area contributed by atoms with E-state index in [2.05, 4.69) is 15.5 Å². The Morgan fingerprint density at radius 1 is 1.35 bits per heavy atom. The second-order valence-corrected chi connectivity index (χ2v) is 3.95. The molecular formula is C12H12N4O. The molecule has 5 nitrogen and oxygen atoms in total. The summed E-state index contributed by atoms with van der Waals surface area (Å²) in [6, 6.07) is 7.78. The molecule has 0 fully saturated rings. The molecule has 2 aromatic heterocycles. The third-order valence-corrected chi connectivity index (χ3v) is 3.06. The molecule has 0 unspecified atom stereocenters. The smallest absolute Gasteiger partial charge is 0.264 e. The molecule has 0 atom stereocenters. The van der Waals surface area contributed by atoms with Gasteiger partial charge in [0.2, 0.25) is 0 Å². The summed E-state index contributed by atoms with van der Waals surface area (Å²) >= 11 is 0. The molecule has 0 saturated carbocycles. The van der Waals surface area contributed by atoms with Gasteiger partial charge in [-0.15, -0.1) is 0 Å². The van der Waals surface area contributed by atoms with Crippen molar-refractivity contribution in [2.45, 2.75) is 0 Å². The summed E-state index contributed by atoms with van der Waals surface area (Å²) in [6.07, 6.45) is 0. The Kier molecular flexibility index (Phi) is 1.95. The Morgan fingerprint density at radius 2 is 2.12 bits per heavy atom. The fraction of sp³-hybridized carbons (Fsp3) is 0.167. The first kappa shape index (κ1) is 9.89. The number of fused-ring (bicyclic) bond motifs is 3. The normalized spacial score (nSPS) is 11.2. The minimum atomic E-state index is -0.0446. The van der Waals surface area contributed by atoms with Gasteiger partial charge >= 0.3 is 0 Å². The van der Waals surface area contributed by atoms with Gasteiger partial charge in [0.25, 0.3) is 5.56 Å². The number of aromatic amines is 1. The van der Waals surface area contributed by atoms with E-state index in [0.717, 1.165) is 16.4 Å². The molecule has 0 radical (unpaired) electrons. The van der Waals surface area contributed by atoms with E-state index in [9.17, 15) is 4.79 Å². The van der Waals surface area contributed by atoms with Gasteiger partial charge in [-0.2, -0.15) is 5.10 Å². The molecule has 1 aromatic carbocycles. The van der Waals surface area contributed by atoms with Crippen molar-refractivity contribution in [3.63, 3.8) is 0 Å². The maximum Gasteiger partial charge on any atom is 0.264 e. The molecule has 17 heavy (non-hydrogen) atoms. The number of nitrogens with zero attached hydrogens (tertiary/aromatic N) is 2. The first-order valence-electron chi connectivity index (χ1n) is 5.37. The van der Waals surface area contributed by atoms with E-state index in [0.29, 0.717) is 11.2 Å². The van der Waals surface area contributed by atoms with Crippen LogP contribution in [-0.2, 0) is 7.05 Å². The van der Waals surface area contributed by atoms with Crippen LogP contribution in [0.3, 0.4) is 0 Å². The van der Waals surface area contributed by atoms with E-state index in [1.54, 1.807) is 18.7 Å². The van der Waals surface area contributed by atoms with Gasteiger partial charge in [0.15, 0.2) is 5.82 Å². The van der Waals surface area contributed by atoms with Crippen LogP contribution >= 0.6 is 0 Å². The third-order valence-electron chi connectivity index (χ3n) is 3.06. The molecule has 0 saturated heterocycles. The van der Waals surface area contributed by atoms with Crippen LogP contribution in [0.25, 0.3) is 21.8 Å². The summed E-state index contributed by atoms with van der Waals surface area (Å²) in [7, 11) is 3.53. The second kappa shape index (κ2) is 3.35. The molecule has 0 amide bonds. The molecular weight excluding hydrogens is 216 g/mol. The molecule has 0 spiro atoms. The zero-order chi connectivity index (χ0) is 12.0. The standard InChI is InChI=1S/C12H12N4O/c1-13-11-9-10(14-15-11)7-5-3-4-6-8(7)16(2)12(9)17/h3-6H,1-2H3,(H2,13,14,15). The van der Waals surface area contributed by atoms with Crippen LogP contribution in [-0.4, -0.2) is 21.8 Å². The third kappa shape index (κ3) is 1.19. The van der Waals surface area contributed by atoms with Gasteiger partial charge in [-0.05, 0) is 6.07 Å². The van der Waals surface area contributed by atoms with Crippen molar-refractivity contribution < 1.29 is 0 Å². The lowest BCUT2D eigenvalue weighted by Gasteiger charge is -2.05. The molecule has 2 heterocycles. The summed E-state index contributed by atoms with van der Waals surface area (Å²) in [5.74, 6) is 0.589. The van der Waals surface area contributed by atoms with Crippen LogP contribution in [0.5, 0.6) is 0 Å². The first-order chi connectivity index (χ1) is 8.24. The van der Waals surface area contributed by atoms with Crippen molar-refractivity contribution in [3.05, 3.63) is 34.6 Å². The van der Waals surface area contributed by atoms with Crippen LogP contribution in [0.15, 0.2) is 29.1 Å². The number of aromatic nitrogens is 3. The number of para-hydroxylation sites is 1. The van der Waals surface area contributed by atoms with Crippen LogP contribution < -0.4 is 10.9 Å². The average molecular weight is 228 g/mol. The van der Waals surface area contributed by atoms with Gasteiger partial charge in [0.1, 0.15) is 5.39 Å². The van der Waals surface area contributed by atoms with Crippen molar-refractivity contribution in [2.24, 2.45) is 7.05 Å². The molecule has 5 heteroatoms. The predicted octanol–water partition coefficient (Wildman–Crippen LogP) is 1.46. The maximum absolute atomic E-state index is 12.2. The summed E-state index contributed by atoms with van der Waals surface area (Å²) in [4.78, 5) is 12.2. The van der Waals surface area contributed by atoms with Gasteiger partial charge in [0.05, 0.1) is 11.0 Å². The van der Waals surface area contributed by atoms with E-state index in [1.165, 1.54) is 0 Å². The Balaban J connectivity index is 2.67. The molecule has 0 aliphatic rings. The minimum absolute atomic E-state index is 0.0446. The topological polar surface area (TPSA) is 62.7 Å². The van der Waals surface area contributed by atoms with Crippen LogP contribution in [0, 0.1) is 0 Å². The Bertz CT molecular complexity index is 769.